The minimum absolute atomic E-state index is 0.0415. The van der Waals surface area contributed by atoms with Crippen LogP contribution in [-0.4, -0.2) is 22.9 Å². The Bertz CT molecular complexity index is 399. The zero-order valence-electron chi connectivity index (χ0n) is 11.3. The molecule has 1 aliphatic carbocycles. The Morgan fingerprint density at radius 3 is 2.72 bits per heavy atom. The standard InChI is InChI=1S/C15H22INO/c1-4-13(18)17-10-9-15(11-14(17,2)3)7-5-12(16)6-8-15/h4-5H,1,6-11H2,2-3H3. The lowest BCUT2D eigenvalue weighted by Gasteiger charge is -2.52. The SMILES string of the molecule is C=CC(=O)N1CCC2(CC=C(I)CC2)CC1(C)C. The van der Waals surface area contributed by atoms with Crippen molar-refractivity contribution in [2.75, 3.05) is 6.54 Å². The summed E-state index contributed by atoms with van der Waals surface area (Å²) in [6, 6.07) is 0. The molecule has 0 N–H and O–H groups in total. The van der Waals surface area contributed by atoms with Crippen molar-refractivity contribution in [2.45, 2.75) is 51.5 Å². The van der Waals surface area contributed by atoms with Gasteiger partial charge in [0, 0.05) is 12.1 Å². The lowest BCUT2D eigenvalue weighted by Crippen LogP contribution is -2.55. The number of hydrogen-bond donors (Lipinski definition) is 0. The highest BCUT2D eigenvalue weighted by Gasteiger charge is 2.45. The number of likely N-dealkylation sites (tertiary alicyclic amines) is 1. The molecule has 3 heteroatoms. The molecule has 1 fully saturated rings. The van der Waals surface area contributed by atoms with Crippen LogP contribution >= 0.6 is 22.6 Å². The van der Waals surface area contributed by atoms with Crippen LogP contribution in [0.3, 0.4) is 0 Å². The molecule has 0 aromatic rings. The molecule has 0 aromatic heterocycles. The van der Waals surface area contributed by atoms with Gasteiger partial charge in [-0.1, -0.05) is 12.7 Å². The van der Waals surface area contributed by atoms with Crippen molar-refractivity contribution in [1.29, 1.82) is 0 Å². The van der Waals surface area contributed by atoms with Crippen molar-refractivity contribution in [3.05, 3.63) is 22.3 Å². The average Bonchev–Trinajstić information content (AvgIpc) is 2.31. The van der Waals surface area contributed by atoms with Crippen molar-refractivity contribution < 1.29 is 4.79 Å². The minimum Gasteiger partial charge on any atom is -0.334 e. The Morgan fingerprint density at radius 1 is 1.50 bits per heavy atom. The topological polar surface area (TPSA) is 20.3 Å². The van der Waals surface area contributed by atoms with Gasteiger partial charge in [0.1, 0.15) is 0 Å². The van der Waals surface area contributed by atoms with E-state index < -0.39 is 0 Å². The molecule has 1 aliphatic heterocycles. The number of piperidine rings is 1. The van der Waals surface area contributed by atoms with Gasteiger partial charge in [-0.2, -0.15) is 0 Å². The number of rotatable bonds is 1. The van der Waals surface area contributed by atoms with Gasteiger partial charge in [0.15, 0.2) is 0 Å². The molecule has 18 heavy (non-hydrogen) atoms. The zero-order chi connectivity index (χ0) is 13.4. The van der Waals surface area contributed by atoms with Gasteiger partial charge in [0.25, 0.3) is 0 Å². The van der Waals surface area contributed by atoms with Crippen LogP contribution in [0.25, 0.3) is 0 Å². The first-order valence-electron chi connectivity index (χ1n) is 6.67. The van der Waals surface area contributed by atoms with Crippen LogP contribution in [0.1, 0.15) is 46.0 Å². The maximum atomic E-state index is 11.9. The van der Waals surface area contributed by atoms with E-state index in [0.717, 1.165) is 19.4 Å². The van der Waals surface area contributed by atoms with Crippen LogP contribution in [0, 0.1) is 5.41 Å². The highest BCUT2D eigenvalue weighted by atomic mass is 127. The number of hydrogen-bond acceptors (Lipinski definition) is 1. The normalized spacial score (nSPS) is 31.1. The third-order valence-electron chi connectivity index (χ3n) is 4.50. The molecule has 1 amide bonds. The number of nitrogens with zero attached hydrogens (tertiary/aromatic N) is 1. The van der Waals surface area contributed by atoms with Crippen LogP contribution in [0.15, 0.2) is 22.3 Å². The number of halogens is 1. The van der Waals surface area contributed by atoms with E-state index in [9.17, 15) is 4.79 Å². The fourth-order valence-corrected chi connectivity index (χ4v) is 4.07. The average molecular weight is 359 g/mol. The van der Waals surface area contributed by atoms with E-state index in [1.807, 2.05) is 4.90 Å². The van der Waals surface area contributed by atoms with Gasteiger partial charge < -0.3 is 4.90 Å². The van der Waals surface area contributed by atoms with Crippen LogP contribution < -0.4 is 0 Å². The first-order chi connectivity index (χ1) is 8.38. The van der Waals surface area contributed by atoms with Crippen LogP contribution in [0.4, 0.5) is 0 Å². The van der Waals surface area contributed by atoms with Gasteiger partial charge in [0.05, 0.1) is 0 Å². The lowest BCUT2D eigenvalue weighted by atomic mass is 9.65. The van der Waals surface area contributed by atoms with Crippen LogP contribution in [-0.2, 0) is 4.79 Å². The molecule has 2 nitrogen and oxygen atoms in total. The Hall–Kier alpha value is -0.320. The second-order valence-corrected chi connectivity index (χ2v) is 7.67. The first-order valence-corrected chi connectivity index (χ1v) is 7.75. The van der Waals surface area contributed by atoms with E-state index >= 15 is 0 Å². The molecule has 1 atom stereocenters. The summed E-state index contributed by atoms with van der Waals surface area (Å²) in [5, 5.41) is 0. The summed E-state index contributed by atoms with van der Waals surface area (Å²) in [5.41, 5.74) is 0.385. The van der Waals surface area contributed by atoms with Crippen molar-refractivity contribution in [2.24, 2.45) is 5.41 Å². The Kier molecular flexibility index (Phi) is 3.90. The van der Waals surface area contributed by atoms with Crippen LogP contribution in [0.5, 0.6) is 0 Å². The number of carbonyl (C=O) groups is 1. The van der Waals surface area contributed by atoms with Crippen LogP contribution in [0.2, 0.25) is 0 Å². The molecule has 1 unspecified atom stereocenters. The number of amides is 1. The highest BCUT2D eigenvalue weighted by molar-refractivity contribution is 14.1. The van der Waals surface area contributed by atoms with Crippen molar-refractivity contribution >= 4 is 28.5 Å². The van der Waals surface area contributed by atoms with E-state index in [1.54, 1.807) is 0 Å². The molecule has 0 radical (unpaired) electrons. The monoisotopic (exact) mass is 359 g/mol. The molecule has 0 saturated carbocycles. The molecule has 0 bridgehead atoms. The van der Waals surface area contributed by atoms with Gasteiger partial charge in [0.2, 0.25) is 5.91 Å². The zero-order valence-corrected chi connectivity index (χ0v) is 13.5. The molecule has 1 saturated heterocycles. The summed E-state index contributed by atoms with van der Waals surface area (Å²) < 4.78 is 1.50. The van der Waals surface area contributed by atoms with E-state index in [-0.39, 0.29) is 11.4 Å². The Labute approximate surface area is 124 Å². The smallest absolute Gasteiger partial charge is 0.246 e. The van der Waals surface area contributed by atoms with Crippen molar-refractivity contribution in [3.8, 4) is 0 Å². The van der Waals surface area contributed by atoms with Gasteiger partial charge in [-0.25, -0.2) is 0 Å². The van der Waals surface area contributed by atoms with Crippen molar-refractivity contribution in [1.82, 2.24) is 4.90 Å². The fourth-order valence-electron chi connectivity index (χ4n) is 3.58. The lowest BCUT2D eigenvalue weighted by molar-refractivity contribution is -0.136. The van der Waals surface area contributed by atoms with E-state index in [1.165, 1.54) is 28.9 Å². The Morgan fingerprint density at radius 2 is 2.22 bits per heavy atom. The fraction of sp³-hybridized carbons (Fsp3) is 0.667. The van der Waals surface area contributed by atoms with Gasteiger partial charge in [-0.05, 0) is 83.6 Å². The highest BCUT2D eigenvalue weighted by Crippen LogP contribution is 2.49. The third-order valence-corrected chi connectivity index (χ3v) is 5.48. The summed E-state index contributed by atoms with van der Waals surface area (Å²) in [6.45, 7) is 8.88. The minimum atomic E-state index is -0.0415. The number of carbonyl (C=O) groups excluding carboxylic acids is 1. The van der Waals surface area contributed by atoms with Gasteiger partial charge >= 0.3 is 0 Å². The third kappa shape index (κ3) is 2.65. The van der Waals surface area contributed by atoms with Crippen molar-refractivity contribution in [3.63, 3.8) is 0 Å². The van der Waals surface area contributed by atoms with E-state index in [4.69, 9.17) is 0 Å². The maximum absolute atomic E-state index is 11.9. The van der Waals surface area contributed by atoms with Gasteiger partial charge in [-0.3, -0.25) is 4.79 Å². The quantitative estimate of drug-likeness (QED) is 0.511. The molecule has 2 aliphatic rings. The predicted molar refractivity (Wildman–Crippen MR) is 83.6 cm³/mol. The molecule has 1 spiro atoms. The molecule has 0 aromatic carbocycles. The predicted octanol–water partition coefficient (Wildman–Crippen LogP) is 4.06. The van der Waals surface area contributed by atoms with E-state index in [0.29, 0.717) is 5.41 Å². The second-order valence-electron chi connectivity index (χ2n) is 6.29. The molecular formula is C15H22INO. The summed E-state index contributed by atoms with van der Waals surface area (Å²) in [4.78, 5) is 13.9. The molecule has 2 rings (SSSR count). The summed E-state index contributed by atoms with van der Waals surface area (Å²) >= 11 is 2.45. The molecular weight excluding hydrogens is 337 g/mol. The Balaban J connectivity index is 2.15. The summed E-state index contributed by atoms with van der Waals surface area (Å²) in [7, 11) is 0. The number of allylic oxidation sites excluding steroid dienone is 2. The summed E-state index contributed by atoms with van der Waals surface area (Å²) in [6.07, 6.45) is 9.77. The molecule has 100 valence electrons. The largest absolute Gasteiger partial charge is 0.334 e. The maximum Gasteiger partial charge on any atom is 0.246 e. The van der Waals surface area contributed by atoms with Gasteiger partial charge in [-0.15, -0.1) is 0 Å². The first kappa shape index (κ1) is 14.1. The molecule has 1 heterocycles. The van der Waals surface area contributed by atoms with E-state index in [2.05, 4.69) is 49.1 Å². The second kappa shape index (κ2) is 4.99. The summed E-state index contributed by atoms with van der Waals surface area (Å²) in [5.74, 6) is 0.0794.